The molecule has 0 aliphatic carbocycles. The number of benzene rings is 1. The van der Waals surface area contributed by atoms with Crippen LogP contribution in [0.15, 0.2) is 24.3 Å². The van der Waals surface area contributed by atoms with Crippen molar-refractivity contribution < 1.29 is 13.2 Å². The SMILES string of the molecule is N#Cc1ccc(NC2CCN(Cc3cc(F)c(F)c(F)c3)CC2)nn1. The van der Waals surface area contributed by atoms with E-state index in [0.717, 1.165) is 38.1 Å². The molecule has 0 unspecified atom stereocenters. The molecule has 0 spiro atoms. The van der Waals surface area contributed by atoms with Gasteiger partial charge in [-0.15, -0.1) is 10.2 Å². The number of likely N-dealkylation sites (tertiary alicyclic amines) is 1. The van der Waals surface area contributed by atoms with Gasteiger partial charge in [-0.3, -0.25) is 4.90 Å². The average Bonchev–Trinajstić information content (AvgIpc) is 2.62. The van der Waals surface area contributed by atoms with Gasteiger partial charge < -0.3 is 5.32 Å². The van der Waals surface area contributed by atoms with E-state index >= 15 is 0 Å². The Hall–Kier alpha value is -2.66. The molecular weight excluding hydrogens is 331 g/mol. The van der Waals surface area contributed by atoms with E-state index in [1.165, 1.54) is 0 Å². The molecule has 5 nitrogen and oxygen atoms in total. The van der Waals surface area contributed by atoms with Crippen LogP contribution in [0.4, 0.5) is 19.0 Å². The predicted octanol–water partition coefficient (Wildman–Crippen LogP) is 2.84. The molecule has 0 bridgehead atoms. The topological polar surface area (TPSA) is 64.8 Å². The van der Waals surface area contributed by atoms with Gasteiger partial charge in [-0.25, -0.2) is 13.2 Å². The fourth-order valence-electron chi connectivity index (χ4n) is 2.87. The van der Waals surface area contributed by atoms with Crippen LogP contribution in [0.25, 0.3) is 0 Å². The maximum atomic E-state index is 13.3. The molecule has 2 heterocycles. The van der Waals surface area contributed by atoms with Crippen molar-refractivity contribution in [3.63, 3.8) is 0 Å². The Morgan fingerprint density at radius 3 is 2.36 bits per heavy atom. The molecule has 1 N–H and O–H groups in total. The molecule has 0 atom stereocenters. The normalized spacial score (nSPS) is 15.8. The number of anilines is 1. The number of halogens is 3. The molecule has 25 heavy (non-hydrogen) atoms. The number of aromatic nitrogens is 2. The summed E-state index contributed by atoms with van der Waals surface area (Å²) in [4.78, 5) is 2.06. The summed E-state index contributed by atoms with van der Waals surface area (Å²) in [6, 6.07) is 7.50. The second kappa shape index (κ2) is 7.49. The van der Waals surface area contributed by atoms with Crippen molar-refractivity contribution in [2.75, 3.05) is 18.4 Å². The molecule has 8 heteroatoms. The first-order valence-corrected chi connectivity index (χ1v) is 7.91. The Morgan fingerprint density at radius 2 is 1.80 bits per heavy atom. The van der Waals surface area contributed by atoms with E-state index in [-0.39, 0.29) is 11.7 Å². The van der Waals surface area contributed by atoms with Gasteiger partial charge in [-0.05, 0) is 42.7 Å². The summed E-state index contributed by atoms with van der Waals surface area (Å²) in [6.07, 6.45) is 1.65. The van der Waals surface area contributed by atoms with Crippen molar-refractivity contribution in [3.8, 4) is 6.07 Å². The lowest BCUT2D eigenvalue weighted by Gasteiger charge is -2.32. The van der Waals surface area contributed by atoms with E-state index in [4.69, 9.17) is 5.26 Å². The number of nitrogens with one attached hydrogen (secondary N) is 1. The minimum absolute atomic E-state index is 0.208. The molecule has 1 aromatic carbocycles. The predicted molar refractivity (Wildman–Crippen MR) is 85.0 cm³/mol. The Bertz CT molecular complexity index is 757. The van der Waals surface area contributed by atoms with Gasteiger partial charge in [0, 0.05) is 25.7 Å². The molecule has 1 aliphatic rings. The zero-order chi connectivity index (χ0) is 17.8. The number of hydrogen-bond donors (Lipinski definition) is 1. The molecule has 1 aromatic heterocycles. The van der Waals surface area contributed by atoms with E-state index in [0.29, 0.717) is 17.9 Å². The van der Waals surface area contributed by atoms with Crippen LogP contribution in [-0.2, 0) is 6.54 Å². The van der Waals surface area contributed by atoms with Crippen molar-refractivity contribution in [2.24, 2.45) is 0 Å². The highest BCUT2D eigenvalue weighted by molar-refractivity contribution is 5.36. The average molecular weight is 347 g/mol. The van der Waals surface area contributed by atoms with Crippen LogP contribution in [0.3, 0.4) is 0 Å². The summed E-state index contributed by atoms with van der Waals surface area (Å²) < 4.78 is 39.5. The smallest absolute Gasteiger partial charge is 0.194 e. The number of hydrogen-bond acceptors (Lipinski definition) is 5. The number of nitrogens with zero attached hydrogens (tertiary/aromatic N) is 4. The lowest BCUT2D eigenvalue weighted by molar-refractivity contribution is 0.210. The number of nitriles is 1. The molecule has 1 fully saturated rings. The first kappa shape index (κ1) is 17.2. The standard InChI is InChI=1S/C17H16F3N5/c18-14-7-11(8-15(19)17(14)20)10-25-5-3-12(4-6-25)22-16-2-1-13(9-21)23-24-16/h1-2,7-8,12H,3-6,10H2,(H,22,24). The van der Waals surface area contributed by atoms with Gasteiger partial charge in [0.2, 0.25) is 0 Å². The van der Waals surface area contributed by atoms with E-state index < -0.39 is 17.5 Å². The number of rotatable bonds is 4. The third-order valence-corrected chi connectivity index (χ3v) is 4.17. The third kappa shape index (κ3) is 4.25. The van der Waals surface area contributed by atoms with Crippen LogP contribution in [-0.4, -0.2) is 34.2 Å². The molecule has 2 aromatic rings. The maximum Gasteiger partial charge on any atom is 0.194 e. The molecule has 1 saturated heterocycles. The second-order valence-electron chi connectivity index (χ2n) is 5.98. The highest BCUT2D eigenvalue weighted by Crippen LogP contribution is 2.19. The van der Waals surface area contributed by atoms with Crippen molar-refractivity contribution in [1.82, 2.24) is 15.1 Å². The quantitative estimate of drug-likeness (QED) is 0.862. The number of piperidine rings is 1. The minimum Gasteiger partial charge on any atom is -0.366 e. The fraction of sp³-hybridized carbons (Fsp3) is 0.353. The van der Waals surface area contributed by atoms with Gasteiger partial charge in [0.25, 0.3) is 0 Å². The summed E-state index contributed by atoms with van der Waals surface area (Å²) in [7, 11) is 0. The van der Waals surface area contributed by atoms with Gasteiger partial charge in [-0.2, -0.15) is 5.26 Å². The van der Waals surface area contributed by atoms with Crippen LogP contribution >= 0.6 is 0 Å². The Labute approximate surface area is 143 Å². The van der Waals surface area contributed by atoms with Crippen LogP contribution < -0.4 is 5.32 Å². The summed E-state index contributed by atoms with van der Waals surface area (Å²) >= 11 is 0. The lowest BCUT2D eigenvalue weighted by Crippen LogP contribution is -2.38. The largest absolute Gasteiger partial charge is 0.366 e. The summed E-state index contributed by atoms with van der Waals surface area (Å²) in [6.45, 7) is 1.85. The summed E-state index contributed by atoms with van der Waals surface area (Å²) in [5.74, 6) is -3.15. The van der Waals surface area contributed by atoms with Crippen LogP contribution in [0, 0.1) is 28.8 Å². The van der Waals surface area contributed by atoms with Crippen molar-refractivity contribution in [3.05, 3.63) is 53.0 Å². The molecule has 130 valence electrons. The van der Waals surface area contributed by atoms with Gasteiger partial charge in [0.15, 0.2) is 23.1 Å². The summed E-state index contributed by atoms with van der Waals surface area (Å²) in [5.41, 5.74) is 0.680. The van der Waals surface area contributed by atoms with E-state index in [9.17, 15) is 13.2 Å². The monoisotopic (exact) mass is 347 g/mol. The van der Waals surface area contributed by atoms with E-state index in [1.807, 2.05) is 6.07 Å². The van der Waals surface area contributed by atoms with Crippen LogP contribution in [0.1, 0.15) is 24.1 Å². The lowest BCUT2D eigenvalue weighted by atomic mass is 10.0. The molecule has 3 rings (SSSR count). The van der Waals surface area contributed by atoms with Gasteiger partial charge >= 0.3 is 0 Å². The van der Waals surface area contributed by atoms with E-state index in [1.54, 1.807) is 12.1 Å². The molecule has 0 amide bonds. The first-order valence-electron chi connectivity index (χ1n) is 7.91. The van der Waals surface area contributed by atoms with Gasteiger partial charge in [0.05, 0.1) is 0 Å². The Balaban J connectivity index is 1.52. The Morgan fingerprint density at radius 1 is 1.12 bits per heavy atom. The van der Waals surface area contributed by atoms with Crippen molar-refractivity contribution in [1.29, 1.82) is 5.26 Å². The van der Waals surface area contributed by atoms with Crippen molar-refractivity contribution in [2.45, 2.75) is 25.4 Å². The molecular formula is C17H16F3N5. The molecule has 0 saturated carbocycles. The van der Waals surface area contributed by atoms with Gasteiger partial charge in [-0.1, -0.05) is 0 Å². The molecule has 1 aliphatic heterocycles. The zero-order valence-corrected chi connectivity index (χ0v) is 13.3. The highest BCUT2D eigenvalue weighted by Gasteiger charge is 2.20. The third-order valence-electron chi connectivity index (χ3n) is 4.17. The maximum absolute atomic E-state index is 13.3. The highest BCUT2D eigenvalue weighted by atomic mass is 19.2. The molecule has 0 radical (unpaired) electrons. The van der Waals surface area contributed by atoms with Crippen LogP contribution in [0.5, 0.6) is 0 Å². The second-order valence-corrected chi connectivity index (χ2v) is 5.98. The van der Waals surface area contributed by atoms with Crippen molar-refractivity contribution >= 4 is 5.82 Å². The fourth-order valence-corrected chi connectivity index (χ4v) is 2.87. The zero-order valence-electron chi connectivity index (χ0n) is 13.3. The minimum atomic E-state index is -1.44. The van der Waals surface area contributed by atoms with Gasteiger partial charge in [0.1, 0.15) is 11.9 Å². The van der Waals surface area contributed by atoms with Crippen LogP contribution in [0.2, 0.25) is 0 Å². The first-order chi connectivity index (χ1) is 12.0. The van der Waals surface area contributed by atoms with E-state index in [2.05, 4.69) is 20.4 Å². The Kier molecular flexibility index (Phi) is 5.14. The summed E-state index contributed by atoms with van der Waals surface area (Å²) in [5, 5.41) is 19.7.